The van der Waals surface area contributed by atoms with Gasteiger partial charge in [-0.05, 0) is 42.5 Å². The van der Waals surface area contributed by atoms with Crippen molar-refractivity contribution in [2.45, 2.75) is 29.7 Å². The van der Waals surface area contributed by atoms with Gasteiger partial charge in [0, 0.05) is 11.5 Å². The first-order valence-electron chi connectivity index (χ1n) is 5.53. The predicted molar refractivity (Wildman–Crippen MR) is 65.4 cm³/mol. The van der Waals surface area contributed by atoms with Crippen LogP contribution in [0.15, 0.2) is 34.3 Å². The van der Waals surface area contributed by atoms with Crippen molar-refractivity contribution in [1.29, 1.82) is 0 Å². The fourth-order valence-electron chi connectivity index (χ4n) is 1.91. The lowest BCUT2D eigenvalue weighted by Gasteiger charge is -2.22. The van der Waals surface area contributed by atoms with Crippen LogP contribution in [0.4, 0.5) is 0 Å². The molecule has 1 saturated heterocycles. The van der Waals surface area contributed by atoms with Crippen LogP contribution in [-0.4, -0.2) is 20.1 Å². The van der Waals surface area contributed by atoms with Crippen molar-refractivity contribution < 1.29 is 13.2 Å². The average molecular weight is 267 g/mol. The summed E-state index contributed by atoms with van der Waals surface area (Å²) < 4.78 is 30.2. The summed E-state index contributed by atoms with van der Waals surface area (Å²) in [5.41, 5.74) is 9.52. The Morgan fingerprint density at radius 2 is 2.06 bits per heavy atom. The first-order valence-corrected chi connectivity index (χ1v) is 7.02. The molecular formula is C11H13N3O3S. The van der Waals surface area contributed by atoms with Crippen LogP contribution in [0.1, 0.15) is 18.4 Å². The standard InChI is InChI=1S/C11H13N3O3S/c1-9-3-5-10(6-4-9)18(15,16)11(13-14-12)7-2-8-17-11/h3-6H,2,7-8H2,1H3. The molecule has 2 rings (SSSR count). The van der Waals surface area contributed by atoms with Gasteiger partial charge >= 0.3 is 0 Å². The number of aryl methyl sites for hydroxylation is 1. The van der Waals surface area contributed by atoms with Gasteiger partial charge in [-0.3, -0.25) is 0 Å². The maximum absolute atomic E-state index is 12.5. The van der Waals surface area contributed by atoms with E-state index in [0.29, 0.717) is 6.42 Å². The summed E-state index contributed by atoms with van der Waals surface area (Å²) in [4.78, 5) is 2.73. The van der Waals surface area contributed by atoms with E-state index in [1.807, 2.05) is 6.92 Å². The van der Waals surface area contributed by atoms with Gasteiger partial charge in [0.2, 0.25) is 9.84 Å². The molecule has 0 radical (unpaired) electrons. The molecular weight excluding hydrogens is 254 g/mol. The number of rotatable bonds is 3. The second-order valence-corrected chi connectivity index (χ2v) is 6.29. The van der Waals surface area contributed by atoms with Crippen molar-refractivity contribution in [3.05, 3.63) is 40.3 Å². The summed E-state index contributed by atoms with van der Waals surface area (Å²) in [6.07, 6.45) is 0.747. The number of ether oxygens (including phenoxy) is 1. The molecule has 0 amide bonds. The minimum absolute atomic E-state index is 0.113. The van der Waals surface area contributed by atoms with Crippen LogP contribution < -0.4 is 0 Å². The van der Waals surface area contributed by atoms with Crippen molar-refractivity contribution >= 4 is 9.84 Å². The molecule has 6 nitrogen and oxygen atoms in total. The highest BCUT2D eigenvalue weighted by Gasteiger charge is 2.48. The molecule has 1 atom stereocenters. The summed E-state index contributed by atoms with van der Waals surface area (Å²) in [7, 11) is -3.82. The Kier molecular flexibility index (Phi) is 3.30. The van der Waals surface area contributed by atoms with Crippen LogP contribution in [0.25, 0.3) is 10.4 Å². The minimum atomic E-state index is -3.82. The summed E-state index contributed by atoms with van der Waals surface area (Å²) >= 11 is 0. The van der Waals surface area contributed by atoms with Crippen molar-refractivity contribution in [2.75, 3.05) is 6.61 Å². The Labute approximate surface area is 105 Å². The van der Waals surface area contributed by atoms with E-state index in [2.05, 4.69) is 10.0 Å². The summed E-state index contributed by atoms with van der Waals surface area (Å²) in [5.74, 6) is 0. The third-order valence-corrected chi connectivity index (χ3v) is 5.05. The fourth-order valence-corrected chi connectivity index (χ4v) is 3.57. The van der Waals surface area contributed by atoms with E-state index in [0.717, 1.165) is 5.56 Å². The zero-order valence-corrected chi connectivity index (χ0v) is 10.7. The van der Waals surface area contributed by atoms with Gasteiger partial charge in [0.15, 0.2) is 0 Å². The number of nitrogens with zero attached hydrogens (tertiary/aromatic N) is 3. The average Bonchev–Trinajstić information content (AvgIpc) is 2.80. The third-order valence-electron chi connectivity index (χ3n) is 2.91. The van der Waals surface area contributed by atoms with Crippen LogP contribution in [0, 0.1) is 6.92 Å². The van der Waals surface area contributed by atoms with Crippen LogP contribution in [0.3, 0.4) is 0 Å². The molecule has 0 aromatic heterocycles. The molecule has 1 heterocycles. The first-order chi connectivity index (χ1) is 8.52. The Hall–Kier alpha value is -1.56. The molecule has 18 heavy (non-hydrogen) atoms. The second kappa shape index (κ2) is 4.61. The molecule has 0 aliphatic carbocycles. The molecule has 1 aromatic carbocycles. The van der Waals surface area contributed by atoms with Gasteiger partial charge in [0.05, 0.1) is 4.90 Å². The molecule has 0 bridgehead atoms. The number of hydrogen-bond donors (Lipinski definition) is 0. The van der Waals surface area contributed by atoms with Crippen molar-refractivity contribution in [3.8, 4) is 0 Å². The largest absolute Gasteiger partial charge is 0.354 e. The van der Waals surface area contributed by atoms with Crippen LogP contribution >= 0.6 is 0 Å². The van der Waals surface area contributed by atoms with Gasteiger partial charge in [-0.25, -0.2) is 8.42 Å². The Morgan fingerprint density at radius 1 is 1.39 bits per heavy atom. The quantitative estimate of drug-likeness (QED) is 0.478. The lowest BCUT2D eigenvalue weighted by atomic mass is 10.2. The van der Waals surface area contributed by atoms with E-state index >= 15 is 0 Å². The third kappa shape index (κ3) is 1.96. The smallest absolute Gasteiger partial charge is 0.252 e. The monoisotopic (exact) mass is 267 g/mol. The van der Waals surface area contributed by atoms with E-state index in [1.54, 1.807) is 12.1 Å². The van der Waals surface area contributed by atoms with Crippen LogP contribution in [0.2, 0.25) is 0 Å². The number of hydrogen-bond acceptors (Lipinski definition) is 4. The fraction of sp³-hybridized carbons (Fsp3) is 0.455. The second-order valence-electron chi connectivity index (χ2n) is 4.17. The predicted octanol–water partition coefficient (Wildman–Crippen LogP) is 2.54. The molecule has 1 aromatic rings. The van der Waals surface area contributed by atoms with E-state index in [4.69, 9.17) is 10.3 Å². The van der Waals surface area contributed by atoms with Crippen molar-refractivity contribution in [1.82, 2.24) is 0 Å². The minimum Gasteiger partial charge on any atom is -0.354 e. The van der Waals surface area contributed by atoms with Crippen molar-refractivity contribution in [3.63, 3.8) is 0 Å². The van der Waals surface area contributed by atoms with Gasteiger partial charge in [0.1, 0.15) is 0 Å². The first kappa shape index (κ1) is 12.9. The molecule has 0 spiro atoms. The Bertz CT molecular complexity index is 582. The normalized spacial score (nSPS) is 23.6. The number of sulfone groups is 1. The number of benzene rings is 1. The molecule has 1 aliphatic heterocycles. The lowest BCUT2D eigenvalue weighted by Crippen LogP contribution is -2.35. The molecule has 96 valence electrons. The molecule has 1 aliphatic rings. The van der Waals surface area contributed by atoms with Gasteiger partial charge in [-0.15, -0.1) is 0 Å². The van der Waals surface area contributed by atoms with Crippen LogP contribution in [-0.2, 0) is 14.6 Å². The van der Waals surface area contributed by atoms with Crippen molar-refractivity contribution in [2.24, 2.45) is 5.11 Å². The van der Waals surface area contributed by atoms with Gasteiger partial charge in [-0.1, -0.05) is 17.7 Å². The molecule has 1 fully saturated rings. The molecule has 1 unspecified atom stereocenters. The molecule has 0 N–H and O–H groups in total. The molecule has 0 saturated carbocycles. The lowest BCUT2D eigenvalue weighted by molar-refractivity contribution is 0.0781. The topological polar surface area (TPSA) is 92.1 Å². The zero-order valence-electron chi connectivity index (χ0n) is 9.91. The highest BCUT2D eigenvalue weighted by atomic mass is 32.2. The summed E-state index contributed by atoms with van der Waals surface area (Å²) in [6, 6.07) is 6.40. The van der Waals surface area contributed by atoms with E-state index < -0.39 is 14.9 Å². The number of azide groups is 1. The van der Waals surface area contributed by atoms with E-state index in [9.17, 15) is 8.42 Å². The zero-order chi connectivity index (χ0) is 13.2. The van der Waals surface area contributed by atoms with Gasteiger partial charge in [-0.2, -0.15) is 0 Å². The van der Waals surface area contributed by atoms with E-state index in [1.165, 1.54) is 12.1 Å². The maximum Gasteiger partial charge on any atom is 0.252 e. The summed E-state index contributed by atoms with van der Waals surface area (Å²) in [5, 5.41) is 1.62. The SMILES string of the molecule is Cc1ccc(S(=O)(=O)C2(N=[N+]=[N-])CCCO2)cc1. The van der Waals surface area contributed by atoms with Crippen LogP contribution in [0.5, 0.6) is 0 Å². The van der Waals surface area contributed by atoms with Gasteiger partial charge < -0.3 is 4.74 Å². The van der Waals surface area contributed by atoms with E-state index in [-0.39, 0.29) is 17.9 Å². The molecule has 7 heteroatoms. The highest BCUT2D eigenvalue weighted by molar-refractivity contribution is 7.92. The Balaban J connectivity index is 2.52. The summed E-state index contributed by atoms with van der Waals surface area (Å²) in [6.45, 7) is 2.15. The highest BCUT2D eigenvalue weighted by Crippen LogP contribution is 2.37. The maximum atomic E-state index is 12.5. The Morgan fingerprint density at radius 3 is 2.56 bits per heavy atom. The van der Waals surface area contributed by atoms with Gasteiger partial charge in [0.25, 0.3) is 5.06 Å².